The summed E-state index contributed by atoms with van der Waals surface area (Å²) in [6, 6.07) is 15.3. The Morgan fingerprint density at radius 3 is 2.57 bits per heavy atom. The number of benzene rings is 2. The molecule has 0 spiro atoms. The molecule has 0 radical (unpaired) electrons. The van der Waals surface area contributed by atoms with E-state index in [2.05, 4.69) is 98.6 Å². The first kappa shape index (κ1) is 20.3. The van der Waals surface area contributed by atoms with Crippen molar-refractivity contribution in [2.24, 2.45) is 0 Å². The van der Waals surface area contributed by atoms with Crippen LogP contribution in [0, 0.1) is 0 Å². The first-order chi connectivity index (χ1) is 14.3. The molecule has 156 valence electrons. The Kier molecular flexibility index (Phi) is 5.42. The zero-order valence-electron chi connectivity index (χ0n) is 18.6. The molecule has 4 nitrogen and oxygen atoms in total. The number of rotatable bonds is 5. The predicted molar refractivity (Wildman–Crippen MR) is 124 cm³/mol. The van der Waals surface area contributed by atoms with Crippen molar-refractivity contribution in [1.82, 2.24) is 9.88 Å². The summed E-state index contributed by atoms with van der Waals surface area (Å²) in [7, 11) is 2.11. The zero-order chi connectivity index (χ0) is 21.3. The Bertz CT molecular complexity index is 1080. The third-order valence-electron chi connectivity index (χ3n) is 5.57. The highest BCUT2D eigenvalue weighted by molar-refractivity contribution is 5.78. The molecule has 30 heavy (non-hydrogen) atoms. The molecule has 3 aromatic rings. The highest BCUT2D eigenvalue weighted by Crippen LogP contribution is 2.30. The van der Waals surface area contributed by atoms with Crippen LogP contribution in [0.3, 0.4) is 0 Å². The number of hydrogen-bond acceptors (Lipinski definition) is 4. The number of allylic oxidation sites excluding steroid dienone is 1. The second kappa shape index (κ2) is 8.02. The monoisotopic (exact) mass is 401 g/mol. The molecule has 0 aliphatic carbocycles. The SMILES string of the molecule is CCCc1nc2ccc(NC3=CC(c4ccc(C(C)(C)C)cc4)N(C)C=C3)cc2o1. The summed E-state index contributed by atoms with van der Waals surface area (Å²) in [6.45, 7) is 8.87. The van der Waals surface area contributed by atoms with E-state index in [1.807, 2.05) is 12.1 Å². The largest absolute Gasteiger partial charge is 0.441 e. The molecule has 0 bridgehead atoms. The van der Waals surface area contributed by atoms with Gasteiger partial charge >= 0.3 is 0 Å². The number of fused-ring (bicyclic) bond motifs is 1. The number of anilines is 1. The lowest BCUT2D eigenvalue weighted by atomic mass is 9.86. The van der Waals surface area contributed by atoms with Gasteiger partial charge in [-0.05, 0) is 47.2 Å². The Hall–Kier alpha value is -3.01. The van der Waals surface area contributed by atoms with Crippen LogP contribution in [0.25, 0.3) is 11.1 Å². The van der Waals surface area contributed by atoms with Crippen LogP contribution >= 0.6 is 0 Å². The maximum atomic E-state index is 5.89. The molecule has 1 atom stereocenters. The highest BCUT2D eigenvalue weighted by Gasteiger charge is 2.19. The lowest BCUT2D eigenvalue weighted by Gasteiger charge is -2.29. The van der Waals surface area contributed by atoms with Gasteiger partial charge in [-0.15, -0.1) is 0 Å². The molecule has 4 heteroatoms. The van der Waals surface area contributed by atoms with E-state index in [9.17, 15) is 0 Å². The summed E-state index contributed by atoms with van der Waals surface area (Å²) in [6.07, 6.45) is 8.39. The molecule has 0 fully saturated rings. The van der Waals surface area contributed by atoms with E-state index in [1.165, 1.54) is 11.1 Å². The number of oxazole rings is 1. The molecular weight excluding hydrogens is 370 g/mol. The fourth-order valence-corrected chi connectivity index (χ4v) is 3.77. The molecule has 0 amide bonds. The first-order valence-corrected chi connectivity index (χ1v) is 10.7. The minimum absolute atomic E-state index is 0.163. The van der Waals surface area contributed by atoms with Crippen molar-refractivity contribution in [3.8, 4) is 0 Å². The van der Waals surface area contributed by atoms with Gasteiger partial charge in [0.05, 0.1) is 6.04 Å². The second-order valence-corrected chi connectivity index (χ2v) is 9.09. The standard InChI is InChI=1S/C26H31N3O/c1-6-7-25-28-22-13-12-20(17-24(22)30-25)27-21-14-15-29(5)23(16-21)18-8-10-19(11-9-18)26(2,3)4/h8-17,23,27H,6-7H2,1-5H3. The number of hydrogen-bond donors (Lipinski definition) is 1. The van der Waals surface area contributed by atoms with E-state index in [0.717, 1.165) is 41.2 Å². The lowest BCUT2D eigenvalue weighted by molar-refractivity contribution is 0.387. The summed E-state index contributed by atoms with van der Waals surface area (Å²) >= 11 is 0. The van der Waals surface area contributed by atoms with E-state index in [1.54, 1.807) is 0 Å². The number of nitrogens with one attached hydrogen (secondary N) is 1. The van der Waals surface area contributed by atoms with Crippen LogP contribution in [0.5, 0.6) is 0 Å². The molecule has 1 aromatic heterocycles. The summed E-state index contributed by atoms with van der Waals surface area (Å²) in [5.74, 6) is 0.807. The maximum Gasteiger partial charge on any atom is 0.195 e. The normalized spacial score (nSPS) is 16.8. The third-order valence-corrected chi connectivity index (χ3v) is 5.57. The van der Waals surface area contributed by atoms with Crippen LogP contribution in [0.2, 0.25) is 0 Å². The van der Waals surface area contributed by atoms with Crippen LogP contribution in [0.1, 0.15) is 57.2 Å². The predicted octanol–water partition coefficient (Wildman–Crippen LogP) is 6.57. The van der Waals surface area contributed by atoms with Gasteiger partial charge < -0.3 is 14.6 Å². The van der Waals surface area contributed by atoms with Crippen molar-refractivity contribution in [2.75, 3.05) is 12.4 Å². The van der Waals surface area contributed by atoms with Crippen LogP contribution in [-0.2, 0) is 11.8 Å². The second-order valence-electron chi connectivity index (χ2n) is 9.09. The van der Waals surface area contributed by atoms with Crippen molar-refractivity contribution in [2.45, 2.75) is 52.0 Å². The summed E-state index contributed by atoms with van der Waals surface area (Å²) in [5.41, 5.74) is 6.61. The quantitative estimate of drug-likeness (QED) is 0.525. The van der Waals surface area contributed by atoms with Gasteiger partial charge in [0.25, 0.3) is 0 Å². The van der Waals surface area contributed by atoms with Crippen molar-refractivity contribution in [1.29, 1.82) is 0 Å². The Morgan fingerprint density at radius 2 is 1.87 bits per heavy atom. The van der Waals surface area contributed by atoms with Crippen LogP contribution in [0.15, 0.2) is 70.9 Å². The third kappa shape index (κ3) is 4.28. The van der Waals surface area contributed by atoms with Gasteiger partial charge in [0.1, 0.15) is 5.52 Å². The van der Waals surface area contributed by atoms with Gasteiger partial charge in [0.15, 0.2) is 11.5 Å². The minimum Gasteiger partial charge on any atom is -0.441 e. The molecule has 0 saturated carbocycles. The van der Waals surface area contributed by atoms with Crippen molar-refractivity contribution >= 4 is 16.8 Å². The van der Waals surface area contributed by atoms with Crippen molar-refractivity contribution in [3.63, 3.8) is 0 Å². The topological polar surface area (TPSA) is 41.3 Å². The van der Waals surface area contributed by atoms with Crippen molar-refractivity contribution in [3.05, 3.63) is 83.5 Å². The highest BCUT2D eigenvalue weighted by atomic mass is 16.3. The Balaban J connectivity index is 1.55. The van der Waals surface area contributed by atoms with Gasteiger partial charge in [-0.3, -0.25) is 0 Å². The van der Waals surface area contributed by atoms with Gasteiger partial charge in [0.2, 0.25) is 0 Å². The van der Waals surface area contributed by atoms with E-state index in [-0.39, 0.29) is 11.5 Å². The van der Waals surface area contributed by atoms with E-state index < -0.39 is 0 Å². The Morgan fingerprint density at radius 1 is 1.10 bits per heavy atom. The summed E-state index contributed by atoms with van der Waals surface area (Å²) in [5, 5.41) is 3.53. The van der Waals surface area contributed by atoms with E-state index >= 15 is 0 Å². The molecule has 1 aliphatic heterocycles. The summed E-state index contributed by atoms with van der Waals surface area (Å²) in [4.78, 5) is 6.78. The first-order valence-electron chi connectivity index (χ1n) is 10.7. The fraction of sp³-hybridized carbons (Fsp3) is 0.346. The van der Waals surface area contributed by atoms with Crippen LogP contribution in [0.4, 0.5) is 5.69 Å². The number of aryl methyl sites for hydroxylation is 1. The molecule has 1 aliphatic rings. The number of likely N-dealkylation sites (N-methyl/N-ethyl adjacent to an activating group) is 1. The van der Waals surface area contributed by atoms with E-state index in [4.69, 9.17) is 4.42 Å². The zero-order valence-corrected chi connectivity index (χ0v) is 18.6. The molecule has 1 unspecified atom stereocenters. The fourth-order valence-electron chi connectivity index (χ4n) is 3.77. The molecule has 0 saturated heterocycles. The van der Waals surface area contributed by atoms with Crippen molar-refractivity contribution < 1.29 is 4.42 Å². The van der Waals surface area contributed by atoms with Gasteiger partial charge in [-0.1, -0.05) is 52.0 Å². The molecule has 2 heterocycles. The average molecular weight is 402 g/mol. The maximum absolute atomic E-state index is 5.89. The number of aromatic nitrogens is 1. The van der Waals surface area contributed by atoms with Gasteiger partial charge in [-0.2, -0.15) is 0 Å². The smallest absolute Gasteiger partial charge is 0.195 e. The van der Waals surface area contributed by atoms with E-state index in [0.29, 0.717) is 0 Å². The average Bonchev–Trinajstić information content (AvgIpc) is 3.11. The van der Waals surface area contributed by atoms with Gasteiger partial charge in [-0.25, -0.2) is 4.98 Å². The molecular formula is C26H31N3O. The molecule has 1 N–H and O–H groups in total. The molecule has 4 rings (SSSR count). The van der Waals surface area contributed by atoms with Gasteiger partial charge in [0, 0.05) is 37.1 Å². The molecule has 2 aromatic carbocycles. The number of nitrogens with zero attached hydrogens (tertiary/aromatic N) is 2. The lowest BCUT2D eigenvalue weighted by Crippen LogP contribution is -2.22. The minimum atomic E-state index is 0.163. The summed E-state index contributed by atoms with van der Waals surface area (Å²) < 4.78 is 5.89. The van der Waals surface area contributed by atoms with Crippen LogP contribution < -0.4 is 5.32 Å². The van der Waals surface area contributed by atoms with Crippen LogP contribution in [-0.4, -0.2) is 16.9 Å². The Labute approximate surface area is 179 Å².